The average Bonchev–Trinajstić information content (AvgIpc) is 3.29. The highest BCUT2D eigenvalue weighted by atomic mass is 14.2. The molecular formula is C26H26. The van der Waals surface area contributed by atoms with E-state index in [1.165, 1.54) is 75.6 Å². The van der Waals surface area contributed by atoms with Crippen molar-refractivity contribution in [2.75, 3.05) is 0 Å². The minimum absolute atomic E-state index is 1.07. The predicted octanol–water partition coefficient (Wildman–Crippen LogP) is 5.19. The van der Waals surface area contributed by atoms with Gasteiger partial charge in [-0.15, -0.1) is 0 Å². The van der Waals surface area contributed by atoms with Gasteiger partial charge in [-0.2, -0.15) is 0 Å². The number of benzene rings is 2. The van der Waals surface area contributed by atoms with Gasteiger partial charge in [0.15, 0.2) is 0 Å². The molecule has 0 atom stereocenters. The second-order valence-electron chi connectivity index (χ2n) is 8.13. The normalized spacial score (nSPS) is 17.8. The first kappa shape index (κ1) is 15.9. The Hall–Kier alpha value is -2.34. The predicted molar refractivity (Wildman–Crippen MR) is 111 cm³/mol. The van der Waals surface area contributed by atoms with Crippen LogP contribution in [-0.2, 0) is 0 Å². The van der Waals surface area contributed by atoms with Crippen molar-refractivity contribution in [3.05, 3.63) is 85.6 Å². The van der Waals surface area contributed by atoms with Crippen LogP contribution >= 0.6 is 0 Å². The van der Waals surface area contributed by atoms with Crippen LogP contribution in [0, 0.1) is 24.3 Å². The van der Waals surface area contributed by atoms with Gasteiger partial charge in [0.05, 0.1) is 0 Å². The van der Waals surface area contributed by atoms with Gasteiger partial charge in [0.1, 0.15) is 0 Å². The summed E-state index contributed by atoms with van der Waals surface area (Å²) in [4.78, 5) is 0. The molecule has 0 heterocycles. The van der Waals surface area contributed by atoms with Crippen molar-refractivity contribution in [1.82, 2.24) is 0 Å². The van der Waals surface area contributed by atoms with E-state index < -0.39 is 0 Å². The van der Waals surface area contributed by atoms with Gasteiger partial charge in [0.25, 0.3) is 0 Å². The van der Waals surface area contributed by atoms with Crippen LogP contribution in [0.3, 0.4) is 0 Å². The smallest absolute Gasteiger partial charge is 0.00675 e. The molecule has 0 heteroatoms. The molecule has 0 amide bonds. The van der Waals surface area contributed by atoms with Gasteiger partial charge in [-0.1, -0.05) is 60.1 Å². The molecule has 3 aliphatic rings. The molecule has 0 unspecified atom stereocenters. The highest BCUT2D eigenvalue weighted by Crippen LogP contribution is 2.30. The summed E-state index contributed by atoms with van der Waals surface area (Å²) in [7, 11) is 0. The fourth-order valence-electron chi connectivity index (χ4n) is 5.04. The lowest BCUT2D eigenvalue weighted by atomic mass is 9.85. The zero-order valence-corrected chi connectivity index (χ0v) is 15.9. The van der Waals surface area contributed by atoms with Crippen LogP contribution in [0.15, 0.2) is 42.5 Å². The topological polar surface area (TPSA) is 0 Å². The van der Waals surface area contributed by atoms with E-state index in [1.807, 2.05) is 0 Å². The first-order valence-electron chi connectivity index (χ1n) is 10.1. The number of hydrogen-bond acceptors (Lipinski definition) is 0. The molecule has 2 aromatic carbocycles. The van der Waals surface area contributed by atoms with E-state index in [1.54, 1.807) is 10.8 Å². The van der Waals surface area contributed by atoms with E-state index in [9.17, 15) is 0 Å². The fourth-order valence-corrected chi connectivity index (χ4v) is 5.04. The Morgan fingerprint density at radius 3 is 2.50 bits per heavy atom. The molecule has 0 nitrogen and oxygen atoms in total. The molecule has 0 aliphatic heterocycles. The second-order valence-corrected chi connectivity index (χ2v) is 8.13. The van der Waals surface area contributed by atoms with Gasteiger partial charge < -0.3 is 0 Å². The third-order valence-corrected chi connectivity index (χ3v) is 6.27. The lowest BCUT2D eigenvalue weighted by Gasteiger charge is -2.19. The molecule has 0 N–H and O–H groups in total. The minimum Gasteiger partial charge on any atom is -0.0801 e. The average molecular weight is 338 g/mol. The maximum atomic E-state index is 2.46. The van der Waals surface area contributed by atoms with Crippen molar-refractivity contribution in [2.45, 2.75) is 52.4 Å². The standard InChI is InChI=1S/C26H26/c1-17-12-13-21-16-24-23(22(21)14-17)15-18(2)25(19-8-4-3-5-9-19)26(24)20-10-6-7-11-20/h6-7,10,12-16H,3-5,8-9,11H2,1-2H3. The van der Waals surface area contributed by atoms with Crippen molar-refractivity contribution in [2.24, 2.45) is 0 Å². The van der Waals surface area contributed by atoms with Crippen LogP contribution in [-0.4, -0.2) is 0 Å². The molecule has 2 aromatic rings. The van der Waals surface area contributed by atoms with E-state index in [0.29, 0.717) is 0 Å². The van der Waals surface area contributed by atoms with Gasteiger partial charge in [-0.25, -0.2) is 0 Å². The molecule has 0 aromatic heterocycles. The Bertz CT molecular complexity index is 1180. The van der Waals surface area contributed by atoms with Crippen molar-refractivity contribution in [3.8, 4) is 0 Å². The highest BCUT2D eigenvalue weighted by molar-refractivity contribution is 5.81. The molecule has 0 spiro atoms. The third-order valence-electron chi connectivity index (χ3n) is 6.27. The van der Waals surface area contributed by atoms with Gasteiger partial charge in [-0.3, -0.25) is 0 Å². The molecular weight excluding hydrogens is 312 g/mol. The Morgan fingerprint density at radius 1 is 0.885 bits per heavy atom. The Kier molecular flexibility index (Phi) is 3.74. The van der Waals surface area contributed by atoms with Crippen LogP contribution in [0.5, 0.6) is 0 Å². The molecule has 0 saturated heterocycles. The highest BCUT2D eigenvalue weighted by Gasteiger charge is 2.18. The molecule has 0 radical (unpaired) electrons. The summed E-state index contributed by atoms with van der Waals surface area (Å²) in [6, 6.07) is 9.34. The summed E-state index contributed by atoms with van der Waals surface area (Å²) in [5.41, 5.74) is 8.98. The summed E-state index contributed by atoms with van der Waals surface area (Å²) < 4.78 is 0. The summed E-state index contributed by atoms with van der Waals surface area (Å²) >= 11 is 0. The van der Waals surface area contributed by atoms with Crippen LogP contribution < -0.4 is 10.4 Å². The second kappa shape index (κ2) is 6.13. The molecule has 1 saturated carbocycles. The Morgan fingerprint density at radius 2 is 1.73 bits per heavy atom. The zero-order valence-electron chi connectivity index (χ0n) is 15.9. The number of fused-ring (bicyclic) bond motifs is 2. The minimum atomic E-state index is 1.07. The summed E-state index contributed by atoms with van der Waals surface area (Å²) in [5, 5.41) is 5.79. The summed E-state index contributed by atoms with van der Waals surface area (Å²) in [6.07, 6.45) is 17.0. The monoisotopic (exact) mass is 338 g/mol. The van der Waals surface area contributed by atoms with Crippen LogP contribution in [0.1, 0.15) is 60.8 Å². The molecule has 3 aliphatic carbocycles. The van der Waals surface area contributed by atoms with Gasteiger partial charge in [0, 0.05) is 0 Å². The van der Waals surface area contributed by atoms with E-state index >= 15 is 0 Å². The van der Waals surface area contributed by atoms with Crippen LogP contribution in [0.4, 0.5) is 0 Å². The molecule has 0 bridgehead atoms. The van der Waals surface area contributed by atoms with E-state index in [4.69, 9.17) is 0 Å². The third kappa shape index (κ3) is 2.43. The van der Waals surface area contributed by atoms with Crippen molar-refractivity contribution < 1.29 is 0 Å². The first-order valence-corrected chi connectivity index (χ1v) is 10.1. The van der Waals surface area contributed by atoms with E-state index in [2.05, 4.69) is 62.4 Å². The van der Waals surface area contributed by atoms with Crippen LogP contribution in [0.2, 0.25) is 0 Å². The summed E-state index contributed by atoms with van der Waals surface area (Å²) in [5.74, 6) is 0. The maximum Gasteiger partial charge on any atom is -0.00675 e. The fraction of sp³-hybridized carbons (Fsp3) is 0.308. The van der Waals surface area contributed by atoms with Crippen molar-refractivity contribution >= 4 is 17.2 Å². The zero-order chi connectivity index (χ0) is 17.7. The van der Waals surface area contributed by atoms with E-state index in [0.717, 1.165) is 6.42 Å². The number of rotatable bonds is 1. The van der Waals surface area contributed by atoms with E-state index in [-0.39, 0.29) is 0 Å². The Balaban J connectivity index is 1.94. The van der Waals surface area contributed by atoms with Gasteiger partial charge >= 0.3 is 0 Å². The number of allylic oxidation sites excluding steroid dienone is 4. The summed E-state index contributed by atoms with van der Waals surface area (Å²) in [6.45, 7) is 4.53. The van der Waals surface area contributed by atoms with Gasteiger partial charge in [-0.05, 0) is 95.2 Å². The molecule has 26 heavy (non-hydrogen) atoms. The van der Waals surface area contributed by atoms with Crippen molar-refractivity contribution in [3.63, 3.8) is 0 Å². The van der Waals surface area contributed by atoms with Crippen molar-refractivity contribution in [1.29, 1.82) is 0 Å². The quantitative estimate of drug-likeness (QED) is 0.573. The largest absolute Gasteiger partial charge is 0.0801 e. The molecule has 1 fully saturated rings. The first-order chi connectivity index (χ1) is 12.7. The Labute approximate surface area is 155 Å². The SMILES string of the molecule is Cc1ccc2c(c1)=c1cc(C)c(=C3CCCCC3)c(C3=CC=CC3)c1C=2. The number of hydrogen-bond donors (Lipinski definition) is 0. The maximum absolute atomic E-state index is 2.46. The lowest BCUT2D eigenvalue weighted by molar-refractivity contribution is 0.643. The lowest BCUT2D eigenvalue weighted by Crippen LogP contribution is -2.20. The van der Waals surface area contributed by atoms with Gasteiger partial charge in [0.2, 0.25) is 0 Å². The van der Waals surface area contributed by atoms with Crippen LogP contribution in [0.25, 0.3) is 17.2 Å². The molecule has 130 valence electrons. The number of aryl methyl sites for hydroxylation is 2. The molecule has 5 rings (SSSR count).